The van der Waals surface area contributed by atoms with Crippen LogP contribution in [0.3, 0.4) is 0 Å². The summed E-state index contributed by atoms with van der Waals surface area (Å²) in [4.78, 5) is 15.3. The van der Waals surface area contributed by atoms with Crippen LogP contribution in [0.15, 0.2) is 18.5 Å². The number of pyridine rings is 1. The number of carbonyl (C=O) groups excluding carboxylic acids is 1. The molecule has 0 spiro atoms. The normalized spacial score (nSPS) is 10.6. The third kappa shape index (κ3) is 1.81. The van der Waals surface area contributed by atoms with Crippen molar-refractivity contribution >= 4 is 23.2 Å². The van der Waals surface area contributed by atoms with Crippen molar-refractivity contribution in [1.29, 1.82) is 0 Å². The van der Waals surface area contributed by atoms with Gasteiger partial charge in [0.05, 0.1) is 11.6 Å². The number of rotatable bonds is 2. The van der Waals surface area contributed by atoms with Crippen molar-refractivity contribution in [3.63, 3.8) is 0 Å². The monoisotopic (exact) mass is 240 g/mol. The number of aromatic nitrogens is 2. The minimum absolute atomic E-state index is 0.0805. The van der Waals surface area contributed by atoms with Gasteiger partial charge in [-0.1, -0.05) is 11.6 Å². The Morgan fingerprint density at radius 3 is 3.06 bits per heavy atom. The van der Waals surface area contributed by atoms with Gasteiger partial charge in [-0.25, -0.2) is 9.78 Å². The Morgan fingerprint density at radius 2 is 2.38 bits per heavy atom. The zero-order valence-corrected chi connectivity index (χ0v) is 9.23. The molecule has 0 bridgehead atoms. The Morgan fingerprint density at radius 1 is 1.62 bits per heavy atom. The standard InChI is InChI=1S/C10H9ClN2O3/c1-2-16-10(15)7-5-13-4-6(11)3-8(14)9(13)12-7/h3-5,14H,2H2,1H3. The van der Waals surface area contributed by atoms with Crippen LogP contribution in [0.4, 0.5) is 0 Å². The fraction of sp³-hybridized carbons (Fsp3) is 0.200. The number of imidazole rings is 1. The Kier molecular flexibility index (Phi) is 2.70. The Bertz CT molecular complexity index is 550. The smallest absolute Gasteiger partial charge is 0.358 e. The van der Waals surface area contributed by atoms with E-state index in [9.17, 15) is 9.90 Å². The molecular weight excluding hydrogens is 232 g/mol. The molecular formula is C10H9ClN2O3. The van der Waals surface area contributed by atoms with Crippen LogP contribution in [-0.4, -0.2) is 27.1 Å². The molecule has 2 aromatic rings. The highest BCUT2D eigenvalue weighted by atomic mass is 35.5. The predicted molar refractivity (Wildman–Crippen MR) is 57.8 cm³/mol. The van der Waals surface area contributed by atoms with E-state index in [-0.39, 0.29) is 23.7 Å². The first-order valence-electron chi connectivity index (χ1n) is 4.66. The Hall–Kier alpha value is -1.75. The van der Waals surface area contributed by atoms with Crippen LogP contribution in [0, 0.1) is 0 Å². The SMILES string of the molecule is CCOC(=O)c1cn2cc(Cl)cc(O)c2n1. The van der Waals surface area contributed by atoms with Crippen LogP contribution < -0.4 is 0 Å². The Balaban J connectivity index is 2.51. The van der Waals surface area contributed by atoms with E-state index in [1.165, 1.54) is 16.7 Å². The van der Waals surface area contributed by atoms with Crippen molar-refractivity contribution in [2.45, 2.75) is 6.92 Å². The highest BCUT2D eigenvalue weighted by Crippen LogP contribution is 2.22. The fourth-order valence-corrected chi connectivity index (χ4v) is 1.56. The second-order valence-electron chi connectivity index (χ2n) is 3.12. The largest absolute Gasteiger partial charge is 0.504 e. The molecule has 0 unspecified atom stereocenters. The fourth-order valence-electron chi connectivity index (χ4n) is 1.35. The molecule has 2 heterocycles. The quantitative estimate of drug-likeness (QED) is 0.814. The van der Waals surface area contributed by atoms with Crippen LogP contribution in [0.1, 0.15) is 17.4 Å². The number of hydrogen-bond acceptors (Lipinski definition) is 4. The van der Waals surface area contributed by atoms with E-state index in [4.69, 9.17) is 16.3 Å². The second-order valence-corrected chi connectivity index (χ2v) is 3.56. The summed E-state index contributed by atoms with van der Waals surface area (Å²) in [6, 6.07) is 1.36. The van der Waals surface area contributed by atoms with Crippen molar-refractivity contribution in [3.8, 4) is 5.75 Å². The lowest BCUT2D eigenvalue weighted by Crippen LogP contribution is -2.04. The highest BCUT2D eigenvalue weighted by molar-refractivity contribution is 6.30. The van der Waals surface area contributed by atoms with Gasteiger partial charge in [0.15, 0.2) is 17.1 Å². The van der Waals surface area contributed by atoms with E-state index in [1.807, 2.05) is 0 Å². The lowest BCUT2D eigenvalue weighted by molar-refractivity contribution is 0.0520. The molecule has 0 atom stereocenters. The van der Waals surface area contributed by atoms with E-state index in [1.54, 1.807) is 13.1 Å². The molecule has 0 aromatic carbocycles. The van der Waals surface area contributed by atoms with Gasteiger partial charge < -0.3 is 14.2 Å². The molecule has 16 heavy (non-hydrogen) atoms. The Labute approximate surface area is 96.2 Å². The number of hydrogen-bond donors (Lipinski definition) is 1. The highest BCUT2D eigenvalue weighted by Gasteiger charge is 2.13. The summed E-state index contributed by atoms with van der Waals surface area (Å²) >= 11 is 5.75. The summed E-state index contributed by atoms with van der Waals surface area (Å²) in [6.45, 7) is 1.99. The van der Waals surface area contributed by atoms with Crippen molar-refractivity contribution < 1.29 is 14.6 Å². The third-order valence-electron chi connectivity index (χ3n) is 1.98. The summed E-state index contributed by atoms with van der Waals surface area (Å²) in [7, 11) is 0. The molecule has 0 saturated carbocycles. The summed E-state index contributed by atoms with van der Waals surface area (Å²) in [5.74, 6) is -0.607. The van der Waals surface area contributed by atoms with E-state index < -0.39 is 5.97 Å². The maximum atomic E-state index is 11.4. The molecule has 1 N–H and O–H groups in total. The third-order valence-corrected chi connectivity index (χ3v) is 2.19. The number of aromatic hydroxyl groups is 1. The predicted octanol–water partition coefficient (Wildman–Crippen LogP) is 1.87. The average molecular weight is 241 g/mol. The molecule has 5 nitrogen and oxygen atoms in total. The second kappa shape index (κ2) is 4.02. The first kappa shape index (κ1) is 10.8. The van der Waals surface area contributed by atoms with Crippen molar-refractivity contribution in [1.82, 2.24) is 9.38 Å². The van der Waals surface area contributed by atoms with E-state index in [2.05, 4.69) is 4.98 Å². The number of ether oxygens (including phenoxy) is 1. The minimum atomic E-state index is -0.526. The molecule has 0 aliphatic heterocycles. The van der Waals surface area contributed by atoms with Crippen molar-refractivity contribution in [3.05, 3.63) is 29.2 Å². The van der Waals surface area contributed by atoms with Gasteiger partial charge in [0, 0.05) is 18.5 Å². The molecule has 6 heteroatoms. The molecule has 0 saturated heterocycles. The van der Waals surface area contributed by atoms with Gasteiger partial charge in [-0.2, -0.15) is 0 Å². The van der Waals surface area contributed by atoms with Crippen LogP contribution in [-0.2, 0) is 4.74 Å². The number of nitrogens with zero attached hydrogens (tertiary/aromatic N) is 2. The zero-order chi connectivity index (χ0) is 11.7. The lowest BCUT2D eigenvalue weighted by atomic mass is 10.4. The average Bonchev–Trinajstić information content (AvgIpc) is 2.62. The van der Waals surface area contributed by atoms with E-state index in [0.29, 0.717) is 5.02 Å². The molecule has 2 aromatic heterocycles. The zero-order valence-electron chi connectivity index (χ0n) is 8.48. The van der Waals surface area contributed by atoms with Gasteiger partial charge in [-0.05, 0) is 6.92 Å². The van der Waals surface area contributed by atoms with E-state index in [0.717, 1.165) is 0 Å². The number of fused-ring (bicyclic) bond motifs is 1. The van der Waals surface area contributed by atoms with Crippen molar-refractivity contribution in [2.75, 3.05) is 6.61 Å². The van der Waals surface area contributed by atoms with Crippen LogP contribution in [0.5, 0.6) is 5.75 Å². The lowest BCUT2D eigenvalue weighted by Gasteiger charge is -1.96. The van der Waals surface area contributed by atoms with Crippen molar-refractivity contribution in [2.24, 2.45) is 0 Å². The number of esters is 1. The van der Waals surface area contributed by atoms with Crippen LogP contribution in [0.25, 0.3) is 5.65 Å². The van der Waals surface area contributed by atoms with Crippen LogP contribution >= 0.6 is 11.6 Å². The first-order valence-corrected chi connectivity index (χ1v) is 5.04. The van der Waals surface area contributed by atoms with Gasteiger partial charge in [0.2, 0.25) is 0 Å². The molecule has 2 rings (SSSR count). The number of carbonyl (C=O) groups is 1. The maximum Gasteiger partial charge on any atom is 0.358 e. The van der Waals surface area contributed by atoms with Gasteiger partial charge >= 0.3 is 5.97 Å². The molecule has 0 fully saturated rings. The summed E-state index contributed by atoms with van der Waals surface area (Å²) < 4.78 is 6.27. The van der Waals surface area contributed by atoms with Gasteiger partial charge in [0.1, 0.15) is 0 Å². The minimum Gasteiger partial charge on any atom is -0.504 e. The summed E-state index contributed by atoms with van der Waals surface area (Å²) in [5.41, 5.74) is 0.409. The summed E-state index contributed by atoms with van der Waals surface area (Å²) in [6.07, 6.45) is 3.01. The van der Waals surface area contributed by atoms with Gasteiger partial charge in [0.25, 0.3) is 0 Å². The summed E-state index contributed by atoms with van der Waals surface area (Å²) in [5, 5.41) is 9.92. The molecule has 0 amide bonds. The molecule has 0 aliphatic rings. The van der Waals surface area contributed by atoms with E-state index >= 15 is 0 Å². The molecule has 84 valence electrons. The topological polar surface area (TPSA) is 63.8 Å². The van der Waals surface area contributed by atoms with Gasteiger partial charge in [-0.3, -0.25) is 0 Å². The number of halogens is 1. The maximum absolute atomic E-state index is 11.4. The molecule has 0 aliphatic carbocycles. The van der Waals surface area contributed by atoms with Crippen LogP contribution in [0.2, 0.25) is 5.02 Å². The van der Waals surface area contributed by atoms with Gasteiger partial charge in [-0.15, -0.1) is 0 Å². The first-order chi connectivity index (χ1) is 7.61. The molecule has 0 radical (unpaired) electrons.